The summed E-state index contributed by atoms with van der Waals surface area (Å²) in [4.78, 5) is 5.25. The summed E-state index contributed by atoms with van der Waals surface area (Å²) < 4.78 is 0. The van der Waals surface area contributed by atoms with Gasteiger partial charge in [-0.1, -0.05) is 29.3 Å². The average Bonchev–Trinajstić information content (AvgIpc) is 2.84. The zero-order valence-corrected chi connectivity index (χ0v) is 13.7. The molecular formula is C16H22Cl2N2. The van der Waals surface area contributed by atoms with Gasteiger partial charge in [0.1, 0.15) is 0 Å². The fourth-order valence-corrected chi connectivity index (χ4v) is 4.34. The number of halogens is 2. The number of fused-ring (bicyclic) bond motifs is 1. The Bertz CT molecular complexity index is 491. The molecule has 2 fully saturated rings. The third-order valence-corrected chi connectivity index (χ3v) is 5.46. The predicted octanol–water partition coefficient (Wildman–Crippen LogP) is 4.22. The molecule has 1 aromatic rings. The van der Waals surface area contributed by atoms with Crippen molar-refractivity contribution in [1.82, 2.24) is 9.80 Å². The lowest BCUT2D eigenvalue weighted by Gasteiger charge is -2.45. The smallest absolute Gasteiger partial charge is 0.0468 e. The molecule has 0 amide bonds. The van der Waals surface area contributed by atoms with E-state index in [2.05, 4.69) is 29.7 Å². The molecule has 3 atom stereocenters. The Hall–Kier alpha value is -0.280. The standard InChI is InChI=1S/C16H22Cl2N2/c1-11-9-19-7-3-4-14(19)10-20(11)12(2)15-6-5-13(17)8-16(15)18/h5-6,8,11-12,14H,3-4,7,9-10H2,1-2H3. The average molecular weight is 313 g/mol. The highest BCUT2D eigenvalue weighted by molar-refractivity contribution is 6.35. The number of piperazine rings is 1. The summed E-state index contributed by atoms with van der Waals surface area (Å²) in [5, 5.41) is 1.49. The summed E-state index contributed by atoms with van der Waals surface area (Å²) >= 11 is 12.4. The lowest BCUT2D eigenvalue weighted by atomic mass is 10.0. The minimum absolute atomic E-state index is 0.345. The quantitative estimate of drug-likeness (QED) is 0.806. The third-order valence-electron chi connectivity index (χ3n) is 4.90. The molecule has 2 aliphatic heterocycles. The largest absolute Gasteiger partial charge is 0.298 e. The van der Waals surface area contributed by atoms with Gasteiger partial charge in [0.2, 0.25) is 0 Å². The maximum Gasteiger partial charge on any atom is 0.0468 e. The van der Waals surface area contributed by atoms with E-state index in [1.807, 2.05) is 12.1 Å². The Labute approximate surface area is 131 Å². The lowest BCUT2D eigenvalue weighted by molar-refractivity contribution is 0.0326. The van der Waals surface area contributed by atoms with Crippen molar-refractivity contribution in [1.29, 1.82) is 0 Å². The fraction of sp³-hybridized carbons (Fsp3) is 0.625. The third kappa shape index (κ3) is 2.71. The van der Waals surface area contributed by atoms with E-state index in [0.717, 1.165) is 17.6 Å². The maximum atomic E-state index is 6.38. The van der Waals surface area contributed by atoms with E-state index in [9.17, 15) is 0 Å². The number of rotatable bonds is 2. The molecule has 0 radical (unpaired) electrons. The van der Waals surface area contributed by atoms with E-state index in [4.69, 9.17) is 23.2 Å². The van der Waals surface area contributed by atoms with E-state index < -0.39 is 0 Å². The van der Waals surface area contributed by atoms with Gasteiger partial charge >= 0.3 is 0 Å². The van der Waals surface area contributed by atoms with Crippen molar-refractivity contribution in [2.24, 2.45) is 0 Å². The molecule has 2 saturated heterocycles. The molecule has 20 heavy (non-hydrogen) atoms. The highest BCUT2D eigenvalue weighted by atomic mass is 35.5. The van der Waals surface area contributed by atoms with Crippen LogP contribution in [-0.4, -0.2) is 41.5 Å². The SMILES string of the molecule is CC1CN2CCCC2CN1C(C)c1ccc(Cl)cc1Cl. The molecule has 0 spiro atoms. The number of hydrogen-bond donors (Lipinski definition) is 0. The van der Waals surface area contributed by atoms with Gasteiger partial charge in [0.25, 0.3) is 0 Å². The van der Waals surface area contributed by atoms with Crippen LogP contribution in [0.25, 0.3) is 0 Å². The van der Waals surface area contributed by atoms with E-state index in [0.29, 0.717) is 17.1 Å². The summed E-state index contributed by atoms with van der Waals surface area (Å²) in [5.74, 6) is 0. The second-order valence-electron chi connectivity index (χ2n) is 6.18. The van der Waals surface area contributed by atoms with E-state index in [1.54, 1.807) is 0 Å². The Morgan fingerprint density at radius 2 is 2.05 bits per heavy atom. The van der Waals surface area contributed by atoms with E-state index in [1.165, 1.54) is 31.5 Å². The van der Waals surface area contributed by atoms with Crippen molar-refractivity contribution in [3.8, 4) is 0 Å². The maximum absolute atomic E-state index is 6.38. The van der Waals surface area contributed by atoms with Gasteiger partial charge in [-0.3, -0.25) is 9.80 Å². The van der Waals surface area contributed by atoms with Crippen molar-refractivity contribution in [3.63, 3.8) is 0 Å². The van der Waals surface area contributed by atoms with Crippen molar-refractivity contribution < 1.29 is 0 Å². The monoisotopic (exact) mass is 312 g/mol. The summed E-state index contributed by atoms with van der Waals surface area (Å²) in [6.07, 6.45) is 2.69. The Kier molecular flexibility index (Phi) is 4.28. The van der Waals surface area contributed by atoms with Crippen LogP contribution in [0, 0.1) is 0 Å². The van der Waals surface area contributed by atoms with Gasteiger partial charge in [-0.2, -0.15) is 0 Å². The summed E-state index contributed by atoms with van der Waals surface area (Å²) in [6.45, 7) is 8.20. The Balaban J connectivity index is 1.80. The van der Waals surface area contributed by atoms with Crippen LogP contribution >= 0.6 is 23.2 Å². The summed E-state index contributed by atoms with van der Waals surface area (Å²) in [5.41, 5.74) is 1.19. The second kappa shape index (κ2) is 5.84. The fourth-order valence-electron chi connectivity index (χ4n) is 3.77. The second-order valence-corrected chi connectivity index (χ2v) is 7.02. The van der Waals surface area contributed by atoms with Crippen LogP contribution in [0.5, 0.6) is 0 Å². The van der Waals surface area contributed by atoms with Gasteiger partial charge in [0.05, 0.1) is 0 Å². The first-order valence-corrected chi connectivity index (χ1v) is 8.26. The molecule has 1 aromatic carbocycles. The summed E-state index contributed by atoms with van der Waals surface area (Å²) in [6, 6.07) is 7.52. The minimum atomic E-state index is 0.345. The first-order chi connectivity index (χ1) is 9.56. The zero-order chi connectivity index (χ0) is 14.3. The van der Waals surface area contributed by atoms with E-state index >= 15 is 0 Å². The predicted molar refractivity (Wildman–Crippen MR) is 85.6 cm³/mol. The van der Waals surface area contributed by atoms with Crippen LogP contribution in [0.1, 0.15) is 38.3 Å². The van der Waals surface area contributed by atoms with Crippen LogP contribution in [0.4, 0.5) is 0 Å². The molecule has 0 aromatic heterocycles. The number of hydrogen-bond acceptors (Lipinski definition) is 2. The van der Waals surface area contributed by atoms with Crippen LogP contribution in [0.15, 0.2) is 18.2 Å². The molecule has 2 aliphatic rings. The highest BCUT2D eigenvalue weighted by Gasteiger charge is 2.36. The van der Waals surface area contributed by atoms with Crippen LogP contribution < -0.4 is 0 Å². The molecule has 2 nitrogen and oxygen atoms in total. The van der Waals surface area contributed by atoms with Crippen molar-refractivity contribution in [3.05, 3.63) is 33.8 Å². The highest BCUT2D eigenvalue weighted by Crippen LogP contribution is 2.34. The number of nitrogens with zero attached hydrogens (tertiary/aromatic N) is 2. The topological polar surface area (TPSA) is 6.48 Å². The van der Waals surface area contributed by atoms with Crippen LogP contribution in [0.2, 0.25) is 10.0 Å². The molecule has 0 saturated carbocycles. The van der Waals surface area contributed by atoms with Gasteiger partial charge in [0, 0.05) is 41.3 Å². The van der Waals surface area contributed by atoms with Gasteiger partial charge in [0.15, 0.2) is 0 Å². The van der Waals surface area contributed by atoms with E-state index in [-0.39, 0.29) is 0 Å². The van der Waals surface area contributed by atoms with Crippen molar-refractivity contribution in [2.45, 2.75) is 44.8 Å². The molecule has 0 N–H and O–H groups in total. The molecule has 110 valence electrons. The molecule has 0 bridgehead atoms. The lowest BCUT2D eigenvalue weighted by Crippen LogP contribution is -2.55. The molecule has 3 unspecified atom stereocenters. The molecule has 0 aliphatic carbocycles. The normalized spacial score (nSPS) is 29.4. The molecule has 3 rings (SSSR count). The first-order valence-electron chi connectivity index (χ1n) is 7.51. The molecule has 2 heterocycles. The minimum Gasteiger partial charge on any atom is -0.298 e. The van der Waals surface area contributed by atoms with Gasteiger partial charge in [-0.25, -0.2) is 0 Å². The van der Waals surface area contributed by atoms with Crippen LogP contribution in [-0.2, 0) is 0 Å². The molecular weight excluding hydrogens is 291 g/mol. The summed E-state index contributed by atoms with van der Waals surface area (Å²) in [7, 11) is 0. The van der Waals surface area contributed by atoms with Crippen LogP contribution in [0.3, 0.4) is 0 Å². The zero-order valence-electron chi connectivity index (χ0n) is 12.1. The van der Waals surface area contributed by atoms with Crippen molar-refractivity contribution in [2.75, 3.05) is 19.6 Å². The molecule has 4 heteroatoms. The first kappa shape index (κ1) is 14.6. The van der Waals surface area contributed by atoms with Crippen molar-refractivity contribution >= 4 is 23.2 Å². The van der Waals surface area contributed by atoms with Gasteiger partial charge in [-0.05, 0) is 50.9 Å². The Morgan fingerprint density at radius 1 is 1.25 bits per heavy atom. The Morgan fingerprint density at radius 3 is 2.80 bits per heavy atom. The van der Waals surface area contributed by atoms with Gasteiger partial charge < -0.3 is 0 Å². The number of benzene rings is 1. The van der Waals surface area contributed by atoms with Gasteiger partial charge in [-0.15, -0.1) is 0 Å².